The van der Waals surface area contributed by atoms with Crippen LogP contribution in [0.15, 0.2) is 130 Å². The summed E-state index contributed by atoms with van der Waals surface area (Å²) in [5.41, 5.74) is 13.3. The monoisotopic (exact) mass is 897 g/mol. The van der Waals surface area contributed by atoms with E-state index in [1.807, 2.05) is 44.2 Å². The molecule has 0 spiro atoms. The number of carbonyl (C=O) groups excluding carboxylic acids is 1. The Morgan fingerprint density at radius 1 is 0.875 bits per heavy atom. The van der Waals surface area contributed by atoms with Gasteiger partial charge in [0.1, 0.15) is 28.6 Å². The van der Waals surface area contributed by atoms with E-state index >= 15 is 0 Å². The van der Waals surface area contributed by atoms with Gasteiger partial charge in [-0.15, -0.1) is 20.3 Å². The number of nitrogens with two attached hydrogens (primary N) is 1. The zero-order chi connectivity index (χ0) is 46.4. The first kappa shape index (κ1) is 48.5. The zero-order valence-corrected chi connectivity index (χ0v) is 37.8. The highest BCUT2D eigenvalue weighted by Crippen LogP contribution is 2.30. The number of nitrogens with zero attached hydrogens (tertiary/aromatic N) is 10. The third-order valence-electron chi connectivity index (χ3n) is 10.6. The Morgan fingerprint density at radius 3 is 2.30 bits per heavy atom. The van der Waals surface area contributed by atoms with Crippen molar-refractivity contribution in [2.45, 2.75) is 59.3 Å². The lowest BCUT2D eigenvalue weighted by Gasteiger charge is -2.33. The van der Waals surface area contributed by atoms with E-state index in [0.717, 1.165) is 94.0 Å². The van der Waals surface area contributed by atoms with E-state index in [0.29, 0.717) is 57.2 Å². The normalized spacial score (nSPS) is 17.5. The van der Waals surface area contributed by atoms with Gasteiger partial charge in [0.25, 0.3) is 10.1 Å². The van der Waals surface area contributed by atoms with Gasteiger partial charge in [-0.2, -0.15) is 18.6 Å². The minimum Gasteiger partial charge on any atom is -0.506 e. The number of phenols is 1. The number of rotatable bonds is 19. The van der Waals surface area contributed by atoms with E-state index < -0.39 is 32.3 Å². The number of hydrazone groups is 1. The van der Waals surface area contributed by atoms with Gasteiger partial charge in [0.2, 0.25) is 17.0 Å². The number of hydrogen-bond acceptors (Lipinski definition) is 16. The standard InChI is InChI=1S/C43H56N14O6S/c1-7-56(8-2)20-13-19-45-41-47-42(49-43(48-41)57(9-3,10-4)21-12-18-44)46-30-14-11-15-31(24-30)50-51-33-22-29(6)34(23-28(33)5)52-54-36-26-37(40(60)27-39(36)59)55-53-35-25-32(64(61,62)63)16-17-38(35)58/h11,14-17,22-27H,7-10,12-13,18-21,44H2,1-6H3,(H5-,45,46,47,48,49,50,51,52,53,54,55,58,59,60,61,62,63)/p+1. The second-order valence-corrected chi connectivity index (χ2v) is 16.3. The summed E-state index contributed by atoms with van der Waals surface area (Å²) in [7, 11) is -4.59. The number of nitrogens with one attached hydrogen (secondary N) is 3. The fraction of sp³-hybridized carbons (Fsp3) is 0.372. The Kier molecular flexibility index (Phi) is 16.8. The number of azo groups is 1. The molecular weight excluding hydrogens is 841 g/mol. The summed E-state index contributed by atoms with van der Waals surface area (Å²) in [5, 5.41) is 41.2. The van der Waals surface area contributed by atoms with Crippen molar-refractivity contribution in [2.24, 2.45) is 41.3 Å². The van der Waals surface area contributed by atoms with Crippen LogP contribution >= 0.6 is 0 Å². The number of ketones is 1. The Morgan fingerprint density at radius 2 is 1.59 bits per heavy atom. The van der Waals surface area contributed by atoms with Crippen LogP contribution in [0, 0.1) is 0 Å². The van der Waals surface area contributed by atoms with Crippen molar-refractivity contribution in [3.05, 3.63) is 101 Å². The lowest BCUT2D eigenvalue weighted by atomic mass is 9.98. The summed E-state index contributed by atoms with van der Waals surface area (Å²) >= 11 is 0. The smallest absolute Gasteiger partial charge is 0.312 e. The molecule has 5 rings (SSSR count). The summed E-state index contributed by atoms with van der Waals surface area (Å²) < 4.78 is 33.0. The van der Waals surface area contributed by atoms with E-state index in [1.165, 1.54) is 0 Å². The highest BCUT2D eigenvalue weighted by molar-refractivity contribution is 7.85. The summed E-state index contributed by atoms with van der Waals surface area (Å²) in [4.78, 5) is 35.9. The van der Waals surface area contributed by atoms with Crippen molar-refractivity contribution in [3.8, 4) is 5.75 Å². The Balaban J connectivity index is 1.37. The van der Waals surface area contributed by atoms with Crippen molar-refractivity contribution < 1.29 is 28.0 Å². The van der Waals surface area contributed by atoms with Crippen LogP contribution in [0.1, 0.15) is 54.4 Å². The molecule has 0 amide bonds. The molecular formula is C43H57N14O6S+. The van der Waals surface area contributed by atoms with Crippen molar-refractivity contribution >= 4 is 56.0 Å². The topological polar surface area (TPSA) is 284 Å². The van der Waals surface area contributed by atoms with Gasteiger partial charge in [-0.3, -0.25) is 34.2 Å². The molecule has 2 aliphatic carbocycles. The SMILES string of the molecule is CCN(CC)CCCN=c1nc([N+](CC)(CC)CCCN)[nH]c(=Nc2cccc(NN=C3C=C(C)C(=NN=C4C=C(N=Nc5cc(S(=O)(=O)O)ccc5O)C(=O)C=C4O)C=C3C)c2)[nH]1. The van der Waals surface area contributed by atoms with Crippen molar-refractivity contribution in [1.82, 2.24) is 24.3 Å². The molecule has 0 atom stereocenters. The molecule has 3 aromatic rings. The van der Waals surface area contributed by atoms with Crippen LogP contribution in [-0.2, 0) is 14.9 Å². The van der Waals surface area contributed by atoms with E-state index in [1.54, 1.807) is 6.08 Å². The van der Waals surface area contributed by atoms with Gasteiger partial charge >= 0.3 is 5.95 Å². The largest absolute Gasteiger partial charge is 0.506 e. The number of hydrogen-bond donors (Lipinski definition) is 7. The first-order valence-corrected chi connectivity index (χ1v) is 22.5. The quantitative estimate of drug-likeness (QED) is 0.0200. The van der Waals surface area contributed by atoms with E-state index in [2.05, 4.69) is 73.5 Å². The van der Waals surface area contributed by atoms with Crippen molar-refractivity contribution in [3.63, 3.8) is 0 Å². The summed E-state index contributed by atoms with van der Waals surface area (Å²) in [6.45, 7) is 18.9. The summed E-state index contributed by atoms with van der Waals surface area (Å²) in [5.74, 6) is -0.861. The highest BCUT2D eigenvalue weighted by atomic mass is 32.2. The predicted molar refractivity (Wildman–Crippen MR) is 249 cm³/mol. The number of phenolic OH excluding ortho intramolecular Hbond substituents is 1. The molecule has 2 aliphatic rings. The molecule has 340 valence electrons. The number of H-pyrrole nitrogens is 2. The first-order valence-electron chi connectivity index (χ1n) is 21.0. The number of aliphatic hydroxyl groups excluding tert-OH is 1. The van der Waals surface area contributed by atoms with Crippen molar-refractivity contribution in [2.75, 3.05) is 57.8 Å². The van der Waals surface area contributed by atoms with Crippen LogP contribution in [0.5, 0.6) is 5.75 Å². The lowest BCUT2D eigenvalue weighted by molar-refractivity contribution is -0.111. The van der Waals surface area contributed by atoms with Gasteiger partial charge in [0, 0.05) is 25.1 Å². The van der Waals surface area contributed by atoms with Gasteiger partial charge in [-0.1, -0.05) is 19.9 Å². The molecule has 0 aliphatic heterocycles. The van der Waals surface area contributed by atoms with E-state index in [9.17, 15) is 28.0 Å². The second kappa shape index (κ2) is 22.2. The lowest BCUT2D eigenvalue weighted by Crippen LogP contribution is -2.53. The number of allylic oxidation sites excluding steroid dienone is 6. The molecule has 20 nitrogen and oxygen atoms in total. The molecule has 0 saturated carbocycles. The van der Waals surface area contributed by atoms with Crippen LogP contribution in [0.2, 0.25) is 0 Å². The number of aromatic amines is 2. The Bertz CT molecular complexity index is 2720. The molecule has 0 radical (unpaired) electrons. The fourth-order valence-corrected chi connectivity index (χ4v) is 7.19. The van der Waals surface area contributed by atoms with Crippen LogP contribution in [0.25, 0.3) is 0 Å². The summed E-state index contributed by atoms with van der Waals surface area (Å²) in [6.07, 6.45) is 7.37. The molecule has 0 saturated heterocycles. The minimum atomic E-state index is -4.59. The van der Waals surface area contributed by atoms with Crippen LogP contribution in [0.4, 0.5) is 23.0 Å². The second-order valence-electron chi connectivity index (χ2n) is 14.9. The van der Waals surface area contributed by atoms with Gasteiger partial charge in [0.05, 0.1) is 47.3 Å². The molecule has 0 fully saturated rings. The minimum absolute atomic E-state index is 0.0994. The maximum atomic E-state index is 12.6. The van der Waals surface area contributed by atoms with Gasteiger partial charge < -0.3 is 20.8 Å². The molecule has 0 unspecified atom stereocenters. The number of aliphatic hydroxyl groups is 1. The van der Waals surface area contributed by atoms with Gasteiger partial charge in [-0.05, 0) is 120 Å². The number of quaternary nitrogens is 1. The average Bonchev–Trinajstić information content (AvgIpc) is 3.27. The fourth-order valence-electron chi connectivity index (χ4n) is 6.69. The number of aromatic nitrogens is 3. The molecule has 2 aromatic carbocycles. The number of anilines is 1. The molecule has 64 heavy (non-hydrogen) atoms. The number of carbonyl (C=O) groups is 1. The van der Waals surface area contributed by atoms with E-state index in [4.69, 9.17) is 20.7 Å². The highest BCUT2D eigenvalue weighted by Gasteiger charge is 2.29. The molecule has 21 heteroatoms. The van der Waals surface area contributed by atoms with Gasteiger partial charge in [0.15, 0.2) is 0 Å². The van der Waals surface area contributed by atoms with Crippen LogP contribution in [0.3, 0.4) is 0 Å². The van der Waals surface area contributed by atoms with Crippen LogP contribution < -0.4 is 26.9 Å². The average molecular weight is 898 g/mol. The van der Waals surface area contributed by atoms with Gasteiger partial charge in [-0.25, -0.2) is 4.99 Å². The third-order valence-corrected chi connectivity index (χ3v) is 11.5. The molecule has 0 bridgehead atoms. The zero-order valence-electron chi connectivity index (χ0n) is 36.9. The van der Waals surface area contributed by atoms with Crippen molar-refractivity contribution in [1.29, 1.82) is 0 Å². The Labute approximate surface area is 372 Å². The number of benzene rings is 2. The Hall–Kier alpha value is -6.52. The summed E-state index contributed by atoms with van der Waals surface area (Å²) in [6, 6.07) is 10.4. The maximum Gasteiger partial charge on any atom is 0.312 e. The van der Waals surface area contributed by atoms with Crippen LogP contribution in [-0.4, -0.2) is 118 Å². The third kappa shape index (κ3) is 12.8. The first-order chi connectivity index (χ1) is 30.6. The maximum absolute atomic E-state index is 12.6. The number of aromatic hydroxyl groups is 1. The molecule has 8 N–H and O–H groups in total. The molecule has 1 heterocycles. The van der Waals surface area contributed by atoms with E-state index in [-0.39, 0.29) is 17.1 Å². The molecule has 1 aromatic heterocycles. The predicted octanol–water partition coefficient (Wildman–Crippen LogP) is 5.41.